The van der Waals surface area contributed by atoms with E-state index in [1.807, 2.05) is 13.8 Å². The molecule has 2 unspecified atom stereocenters. The predicted molar refractivity (Wildman–Crippen MR) is 84.4 cm³/mol. The Labute approximate surface area is 129 Å². The van der Waals surface area contributed by atoms with Crippen molar-refractivity contribution in [1.29, 1.82) is 0 Å². The highest BCUT2D eigenvalue weighted by molar-refractivity contribution is 5.80. The molecule has 21 heavy (non-hydrogen) atoms. The zero-order chi connectivity index (χ0) is 15.3. The number of nitrogens with one attached hydrogen (secondary N) is 1. The fraction of sp³-hybridized carbons (Fsp3) is 0.938. The van der Waals surface area contributed by atoms with Crippen LogP contribution in [-0.2, 0) is 9.53 Å². The van der Waals surface area contributed by atoms with Gasteiger partial charge >= 0.3 is 5.97 Å². The highest BCUT2D eigenvalue weighted by atomic mass is 16.5. The minimum Gasteiger partial charge on any atom is -0.465 e. The van der Waals surface area contributed by atoms with Crippen molar-refractivity contribution in [2.75, 3.05) is 45.9 Å². The molecule has 0 aromatic heterocycles. The van der Waals surface area contributed by atoms with Crippen molar-refractivity contribution in [3.05, 3.63) is 0 Å². The Morgan fingerprint density at radius 3 is 2.86 bits per heavy atom. The summed E-state index contributed by atoms with van der Waals surface area (Å²) < 4.78 is 5.29. The molecule has 2 fully saturated rings. The lowest BCUT2D eigenvalue weighted by Gasteiger charge is -2.41. The number of piperazine rings is 1. The van der Waals surface area contributed by atoms with Gasteiger partial charge in [-0.3, -0.25) is 14.6 Å². The minimum absolute atomic E-state index is 0.118. The van der Waals surface area contributed by atoms with E-state index in [2.05, 4.69) is 22.0 Å². The molecule has 1 N–H and O–H groups in total. The first-order valence-corrected chi connectivity index (χ1v) is 8.47. The summed E-state index contributed by atoms with van der Waals surface area (Å²) in [5.41, 5.74) is -0.590. The maximum Gasteiger partial charge on any atom is 0.327 e. The number of rotatable bonds is 7. The van der Waals surface area contributed by atoms with E-state index in [1.54, 1.807) is 0 Å². The Hall–Kier alpha value is -0.650. The van der Waals surface area contributed by atoms with Gasteiger partial charge in [0.15, 0.2) is 0 Å². The molecule has 122 valence electrons. The van der Waals surface area contributed by atoms with Crippen molar-refractivity contribution in [2.24, 2.45) is 0 Å². The smallest absolute Gasteiger partial charge is 0.327 e. The lowest BCUT2D eigenvalue weighted by atomic mass is 10.00. The zero-order valence-corrected chi connectivity index (χ0v) is 13.9. The van der Waals surface area contributed by atoms with Crippen LogP contribution in [0.1, 0.15) is 40.0 Å². The number of ether oxygens (including phenoxy) is 1. The largest absolute Gasteiger partial charge is 0.465 e. The van der Waals surface area contributed by atoms with E-state index >= 15 is 0 Å². The van der Waals surface area contributed by atoms with Crippen LogP contribution >= 0.6 is 0 Å². The molecular weight excluding hydrogens is 266 g/mol. The number of hydrogen-bond donors (Lipinski definition) is 1. The average Bonchev–Trinajstić information content (AvgIpc) is 2.93. The van der Waals surface area contributed by atoms with Crippen molar-refractivity contribution in [1.82, 2.24) is 15.1 Å². The van der Waals surface area contributed by atoms with Gasteiger partial charge in [0.05, 0.1) is 6.61 Å². The molecule has 2 aliphatic heterocycles. The van der Waals surface area contributed by atoms with Crippen molar-refractivity contribution < 1.29 is 9.53 Å². The fourth-order valence-corrected chi connectivity index (χ4v) is 3.53. The molecule has 2 atom stereocenters. The van der Waals surface area contributed by atoms with Crippen LogP contribution in [0.4, 0.5) is 0 Å². The number of carbonyl (C=O) groups excluding carboxylic acids is 1. The lowest BCUT2D eigenvalue weighted by Crippen LogP contribution is -2.61. The van der Waals surface area contributed by atoms with Gasteiger partial charge < -0.3 is 10.1 Å². The van der Waals surface area contributed by atoms with Crippen molar-refractivity contribution in [2.45, 2.75) is 51.6 Å². The van der Waals surface area contributed by atoms with E-state index in [-0.39, 0.29) is 5.97 Å². The summed E-state index contributed by atoms with van der Waals surface area (Å²) in [4.78, 5) is 17.4. The van der Waals surface area contributed by atoms with Gasteiger partial charge in [-0.25, -0.2) is 0 Å². The lowest BCUT2D eigenvalue weighted by molar-refractivity contribution is -0.151. The van der Waals surface area contributed by atoms with Gasteiger partial charge in [-0.1, -0.05) is 6.92 Å². The second-order valence-electron chi connectivity index (χ2n) is 6.55. The number of carbonyl (C=O) groups is 1. The number of fused-ring (bicyclic) bond motifs is 1. The maximum atomic E-state index is 12.4. The quantitative estimate of drug-likeness (QED) is 0.713. The fourth-order valence-electron chi connectivity index (χ4n) is 3.53. The Balaban J connectivity index is 1.95. The summed E-state index contributed by atoms with van der Waals surface area (Å²) in [6.45, 7) is 12.5. The summed E-state index contributed by atoms with van der Waals surface area (Å²) in [7, 11) is 0. The van der Waals surface area contributed by atoms with Gasteiger partial charge in [0.25, 0.3) is 0 Å². The van der Waals surface area contributed by atoms with E-state index in [1.165, 1.54) is 19.4 Å². The van der Waals surface area contributed by atoms with E-state index in [4.69, 9.17) is 4.74 Å². The third-order valence-electron chi connectivity index (χ3n) is 4.70. The summed E-state index contributed by atoms with van der Waals surface area (Å²) in [5, 5.41) is 3.41. The molecule has 0 aliphatic carbocycles. The van der Waals surface area contributed by atoms with Crippen LogP contribution in [0.5, 0.6) is 0 Å². The molecule has 5 heteroatoms. The highest BCUT2D eigenvalue weighted by Crippen LogP contribution is 2.23. The first-order valence-electron chi connectivity index (χ1n) is 8.47. The van der Waals surface area contributed by atoms with Crippen LogP contribution in [0.15, 0.2) is 0 Å². The molecule has 0 radical (unpaired) electrons. The van der Waals surface area contributed by atoms with Gasteiger partial charge in [-0.05, 0) is 46.2 Å². The monoisotopic (exact) mass is 297 g/mol. The van der Waals surface area contributed by atoms with Gasteiger partial charge in [0, 0.05) is 32.2 Å². The van der Waals surface area contributed by atoms with E-state index in [0.29, 0.717) is 12.6 Å². The number of hydrogen-bond acceptors (Lipinski definition) is 5. The van der Waals surface area contributed by atoms with Crippen molar-refractivity contribution in [3.63, 3.8) is 0 Å². The molecule has 0 bridgehead atoms. The molecular formula is C16H31N3O2. The van der Waals surface area contributed by atoms with Gasteiger partial charge in [-0.15, -0.1) is 0 Å². The Morgan fingerprint density at radius 2 is 2.14 bits per heavy atom. The normalized spacial score (nSPS) is 26.3. The topological polar surface area (TPSA) is 44.8 Å². The molecule has 2 heterocycles. The molecule has 2 aliphatic rings. The molecule has 2 saturated heterocycles. The molecule has 0 spiro atoms. The third-order valence-corrected chi connectivity index (χ3v) is 4.70. The van der Waals surface area contributed by atoms with Crippen LogP contribution in [-0.4, -0.2) is 73.2 Å². The standard InChI is InChI=1S/C16H31N3O2/c1-4-8-17-16(3,15(20)21-5-2)13-18-10-11-19-9-6-7-14(19)12-18/h14,17H,4-13H2,1-3H3. The Bertz CT molecular complexity index is 350. The van der Waals surface area contributed by atoms with E-state index < -0.39 is 5.54 Å². The van der Waals surface area contributed by atoms with Gasteiger partial charge in [-0.2, -0.15) is 0 Å². The zero-order valence-electron chi connectivity index (χ0n) is 13.9. The molecule has 2 rings (SSSR count). The first-order chi connectivity index (χ1) is 10.1. The van der Waals surface area contributed by atoms with Crippen molar-refractivity contribution in [3.8, 4) is 0 Å². The van der Waals surface area contributed by atoms with Crippen LogP contribution in [0.25, 0.3) is 0 Å². The summed E-state index contributed by atoms with van der Waals surface area (Å²) >= 11 is 0. The molecule has 0 aromatic carbocycles. The van der Waals surface area contributed by atoms with E-state index in [9.17, 15) is 4.79 Å². The average molecular weight is 297 g/mol. The summed E-state index contributed by atoms with van der Waals surface area (Å²) in [6, 6.07) is 0.691. The summed E-state index contributed by atoms with van der Waals surface area (Å²) in [6.07, 6.45) is 3.64. The minimum atomic E-state index is -0.590. The van der Waals surface area contributed by atoms with E-state index in [0.717, 1.165) is 39.1 Å². The van der Waals surface area contributed by atoms with Crippen LogP contribution < -0.4 is 5.32 Å². The number of esters is 1. The van der Waals surface area contributed by atoms with Crippen LogP contribution in [0.2, 0.25) is 0 Å². The second-order valence-corrected chi connectivity index (χ2v) is 6.55. The Morgan fingerprint density at radius 1 is 1.33 bits per heavy atom. The second kappa shape index (κ2) is 7.56. The highest BCUT2D eigenvalue weighted by Gasteiger charge is 2.39. The summed E-state index contributed by atoms with van der Waals surface area (Å²) in [5.74, 6) is -0.118. The van der Waals surface area contributed by atoms with Gasteiger partial charge in [0.1, 0.15) is 5.54 Å². The molecule has 0 amide bonds. The molecule has 0 aromatic rings. The molecule has 5 nitrogen and oxygen atoms in total. The number of nitrogens with zero attached hydrogens (tertiary/aromatic N) is 2. The molecule has 0 saturated carbocycles. The third kappa shape index (κ3) is 4.18. The first kappa shape index (κ1) is 16.7. The van der Waals surface area contributed by atoms with Gasteiger partial charge in [0.2, 0.25) is 0 Å². The van der Waals surface area contributed by atoms with Crippen LogP contribution in [0.3, 0.4) is 0 Å². The Kier molecular flexibility index (Phi) is 6.02. The predicted octanol–water partition coefficient (Wildman–Crippen LogP) is 1.09. The van der Waals surface area contributed by atoms with Crippen molar-refractivity contribution >= 4 is 5.97 Å². The SMILES string of the molecule is CCCNC(C)(CN1CCN2CCCC2C1)C(=O)OCC. The van der Waals surface area contributed by atoms with Crippen LogP contribution in [0, 0.1) is 0 Å². The maximum absolute atomic E-state index is 12.4.